The van der Waals surface area contributed by atoms with Gasteiger partial charge in [0.2, 0.25) is 11.8 Å². The van der Waals surface area contributed by atoms with Crippen molar-refractivity contribution in [2.24, 2.45) is 5.92 Å². The summed E-state index contributed by atoms with van der Waals surface area (Å²) < 4.78 is 0. The second kappa shape index (κ2) is 6.02. The van der Waals surface area contributed by atoms with E-state index in [4.69, 9.17) is 0 Å². The van der Waals surface area contributed by atoms with Gasteiger partial charge in [-0.25, -0.2) is 0 Å². The van der Waals surface area contributed by atoms with Crippen LogP contribution in [0, 0.1) is 12.8 Å². The molecule has 22 heavy (non-hydrogen) atoms. The lowest BCUT2D eigenvalue weighted by molar-refractivity contribution is -0.129. The van der Waals surface area contributed by atoms with Crippen molar-refractivity contribution < 1.29 is 9.59 Å². The summed E-state index contributed by atoms with van der Waals surface area (Å²) in [7, 11) is 0. The second-order valence-electron chi connectivity index (χ2n) is 5.52. The van der Waals surface area contributed by atoms with E-state index < -0.39 is 5.92 Å². The van der Waals surface area contributed by atoms with E-state index in [2.05, 4.69) is 5.32 Å². The molecule has 112 valence electrons. The van der Waals surface area contributed by atoms with Crippen LogP contribution >= 0.6 is 0 Å². The molecule has 1 heterocycles. The van der Waals surface area contributed by atoms with Gasteiger partial charge in [0.15, 0.2) is 0 Å². The summed E-state index contributed by atoms with van der Waals surface area (Å²) in [5, 5.41) is 2.83. The number of aryl methyl sites for hydroxylation is 1. The Labute approximate surface area is 129 Å². The number of carbonyl (C=O) groups is 2. The maximum Gasteiger partial charge on any atom is 0.239 e. The number of nitrogens with zero attached hydrogens (tertiary/aromatic N) is 1. The zero-order valence-corrected chi connectivity index (χ0v) is 12.5. The lowest BCUT2D eigenvalue weighted by atomic mass is 10.1. The Morgan fingerprint density at radius 3 is 2.45 bits per heavy atom. The third-order valence-electron chi connectivity index (χ3n) is 3.91. The predicted octanol–water partition coefficient (Wildman–Crippen LogP) is 2.99. The fourth-order valence-corrected chi connectivity index (χ4v) is 2.65. The summed E-state index contributed by atoms with van der Waals surface area (Å²) in [6.07, 6.45) is 0.547. The quantitative estimate of drug-likeness (QED) is 0.885. The van der Waals surface area contributed by atoms with Gasteiger partial charge in [-0.2, -0.15) is 0 Å². The van der Waals surface area contributed by atoms with Crippen LogP contribution in [0.5, 0.6) is 0 Å². The number of nitrogens with one attached hydrogen (secondary N) is 1. The first-order chi connectivity index (χ1) is 10.6. The molecule has 0 aliphatic carbocycles. The van der Waals surface area contributed by atoms with Crippen LogP contribution in [-0.2, 0) is 9.59 Å². The topological polar surface area (TPSA) is 49.4 Å². The first kappa shape index (κ1) is 14.3. The van der Waals surface area contributed by atoms with Crippen LogP contribution in [0.2, 0.25) is 0 Å². The zero-order valence-electron chi connectivity index (χ0n) is 12.5. The van der Waals surface area contributed by atoms with Gasteiger partial charge < -0.3 is 10.2 Å². The lowest BCUT2D eigenvalue weighted by Crippen LogP contribution is -2.33. The van der Waals surface area contributed by atoms with Gasteiger partial charge in [0.25, 0.3) is 0 Å². The molecule has 0 radical (unpaired) electrons. The Kier molecular flexibility index (Phi) is 3.92. The van der Waals surface area contributed by atoms with Crippen LogP contribution in [0.4, 0.5) is 11.4 Å². The monoisotopic (exact) mass is 294 g/mol. The van der Waals surface area contributed by atoms with Crippen molar-refractivity contribution in [3.8, 4) is 0 Å². The number of hydrogen-bond donors (Lipinski definition) is 1. The number of amides is 2. The van der Waals surface area contributed by atoms with Gasteiger partial charge in [-0.05, 0) is 37.6 Å². The Balaban J connectivity index is 1.69. The number of rotatable bonds is 3. The minimum absolute atomic E-state index is 0.129. The van der Waals surface area contributed by atoms with Crippen molar-refractivity contribution in [3.05, 3.63) is 60.2 Å². The Morgan fingerprint density at radius 1 is 1.09 bits per heavy atom. The molecule has 1 aliphatic heterocycles. The van der Waals surface area contributed by atoms with Crippen LogP contribution in [0.1, 0.15) is 12.0 Å². The van der Waals surface area contributed by atoms with Gasteiger partial charge in [0.1, 0.15) is 5.92 Å². The van der Waals surface area contributed by atoms with Gasteiger partial charge >= 0.3 is 0 Å². The van der Waals surface area contributed by atoms with Gasteiger partial charge in [0.05, 0.1) is 0 Å². The zero-order chi connectivity index (χ0) is 15.5. The maximum absolute atomic E-state index is 12.5. The number of para-hydroxylation sites is 1. The van der Waals surface area contributed by atoms with Crippen molar-refractivity contribution in [1.29, 1.82) is 0 Å². The molecule has 0 unspecified atom stereocenters. The standard InChI is InChI=1S/C18H18N2O2/c1-13-7-9-14(10-8-13)19-17(21)16-11-12-20(18(16)22)15-5-3-2-4-6-15/h2-10,16H,11-12H2,1H3,(H,19,21)/t16-/m1/s1. The van der Waals surface area contributed by atoms with E-state index in [0.29, 0.717) is 13.0 Å². The van der Waals surface area contributed by atoms with E-state index in [9.17, 15) is 9.59 Å². The average Bonchev–Trinajstić information content (AvgIpc) is 2.92. The number of hydrogen-bond acceptors (Lipinski definition) is 2. The van der Waals surface area contributed by atoms with E-state index in [1.165, 1.54) is 0 Å². The third-order valence-corrected chi connectivity index (χ3v) is 3.91. The molecule has 2 amide bonds. The highest BCUT2D eigenvalue weighted by molar-refractivity contribution is 6.13. The molecule has 0 aromatic heterocycles. The number of benzene rings is 2. The van der Waals surface area contributed by atoms with E-state index in [0.717, 1.165) is 16.9 Å². The first-order valence-corrected chi connectivity index (χ1v) is 7.39. The third kappa shape index (κ3) is 2.86. The number of carbonyl (C=O) groups excluding carboxylic acids is 2. The van der Waals surface area contributed by atoms with Gasteiger partial charge in [0, 0.05) is 17.9 Å². The average molecular weight is 294 g/mol. The lowest BCUT2D eigenvalue weighted by Gasteiger charge is -2.16. The summed E-state index contributed by atoms with van der Waals surface area (Å²) in [6.45, 7) is 2.57. The Morgan fingerprint density at radius 2 is 1.77 bits per heavy atom. The molecule has 1 fully saturated rings. The molecule has 0 bridgehead atoms. The molecule has 1 N–H and O–H groups in total. The van der Waals surface area contributed by atoms with E-state index in [1.807, 2.05) is 61.5 Å². The van der Waals surface area contributed by atoms with Crippen LogP contribution < -0.4 is 10.2 Å². The van der Waals surface area contributed by atoms with Gasteiger partial charge in [-0.3, -0.25) is 9.59 Å². The van der Waals surface area contributed by atoms with Crippen LogP contribution in [0.3, 0.4) is 0 Å². The highest BCUT2D eigenvalue weighted by atomic mass is 16.2. The van der Waals surface area contributed by atoms with Crippen LogP contribution in [-0.4, -0.2) is 18.4 Å². The SMILES string of the molecule is Cc1ccc(NC(=O)[C@H]2CCN(c3ccccc3)C2=O)cc1. The van der Waals surface area contributed by atoms with Gasteiger partial charge in [-0.15, -0.1) is 0 Å². The van der Waals surface area contributed by atoms with Crippen molar-refractivity contribution >= 4 is 23.2 Å². The molecular formula is C18H18N2O2. The molecule has 2 aromatic rings. The van der Waals surface area contributed by atoms with Crippen molar-refractivity contribution in [1.82, 2.24) is 0 Å². The normalized spacial score (nSPS) is 17.6. The van der Waals surface area contributed by atoms with E-state index >= 15 is 0 Å². The predicted molar refractivity (Wildman–Crippen MR) is 86.7 cm³/mol. The molecule has 3 rings (SSSR count). The summed E-state index contributed by atoms with van der Waals surface area (Å²) in [6, 6.07) is 17.0. The second-order valence-corrected chi connectivity index (χ2v) is 5.52. The highest BCUT2D eigenvalue weighted by Crippen LogP contribution is 2.26. The Bertz CT molecular complexity index is 680. The van der Waals surface area contributed by atoms with Crippen molar-refractivity contribution in [2.45, 2.75) is 13.3 Å². The van der Waals surface area contributed by atoms with Crippen LogP contribution in [0.15, 0.2) is 54.6 Å². The fraction of sp³-hybridized carbons (Fsp3) is 0.222. The number of anilines is 2. The summed E-state index contributed by atoms with van der Waals surface area (Å²) >= 11 is 0. The van der Waals surface area contributed by atoms with Crippen LogP contribution in [0.25, 0.3) is 0 Å². The summed E-state index contributed by atoms with van der Waals surface area (Å²) in [4.78, 5) is 26.5. The first-order valence-electron chi connectivity index (χ1n) is 7.39. The van der Waals surface area contributed by atoms with Crippen molar-refractivity contribution in [2.75, 3.05) is 16.8 Å². The fourth-order valence-electron chi connectivity index (χ4n) is 2.65. The highest BCUT2D eigenvalue weighted by Gasteiger charge is 2.37. The van der Waals surface area contributed by atoms with E-state index in [1.54, 1.807) is 4.90 Å². The van der Waals surface area contributed by atoms with Crippen molar-refractivity contribution in [3.63, 3.8) is 0 Å². The molecule has 0 spiro atoms. The maximum atomic E-state index is 12.5. The molecule has 4 nitrogen and oxygen atoms in total. The molecule has 1 aliphatic rings. The Hall–Kier alpha value is -2.62. The summed E-state index contributed by atoms with van der Waals surface area (Å²) in [5.74, 6) is -0.968. The molecule has 0 saturated carbocycles. The molecule has 4 heteroatoms. The smallest absolute Gasteiger partial charge is 0.239 e. The minimum Gasteiger partial charge on any atom is -0.325 e. The largest absolute Gasteiger partial charge is 0.325 e. The molecule has 1 saturated heterocycles. The molecule has 2 aromatic carbocycles. The van der Waals surface area contributed by atoms with E-state index in [-0.39, 0.29) is 11.8 Å². The van der Waals surface area contributed by atoms with Gasteiger partial charge in [-0.1, -0.05) is 35.9 Å². The molecule has 1 atom stereocenters. The minimum atomic E-state index is -0.610. The summed E-state index contributed by atoms with van der Waals surface area (Å²) in [5.41, 5.74) is 2.70. The molecular weight excluding hydrogens is 276 g/mol.